The predicted octanol–water partition coefficient (Wildman–Crippen LogP) is 13.2. The van der Waals surface area contributed by atoms with Crippen molar-refractivity contribution in [2.75, 3.05) is 26.2 Å². The Labute approximate surface area is 323 Å². The van der Waals surface area contributed by atoms with Gasteiger partial charge in [0.2, 0.25) is 0 Å². The third-order valence-corrected chi connectivity index (χ3v) is 11.1. The summed E-state index contributed by atoms with van der Waals surface area (Å²) in [5, 5.41) is 10.6. The molecule has 0 radical (unpaired) electrons. The zero-order valence-corrected chi connectivity index (χ0v) is 35.2. The molecule has 1 aliphatic rings. The molecule has 0 aromatic rings. The highest BCUT2D eigenvalue weighted by molar-refractivity contribution is 5.69. The number of nitrogens with zero attached hydrogens (tertiary/aromatic N) is 1. The first-order chi connectivity index (χ1) is 25.4. The molecule has 308 valence electrons. The first-order valence-corrected chi connectivity index (χ1v) is 23.2. The number of carbonyl (C=O) groups excluding carboxylic acids is 2. The molecule has 0 unspecified atom stereocenters. The molecule has 52 heavy (non-hydrogen) atoms. The molecular weight excluding hydrogens is 647 g/mol. The fraction of sp³-hybridized carbons (Fsp3) is 0.957. The number of aliphatic hydroxyl groups is 1. The lowest BCUT2D eigenvalue weighted by atomic mass is 10.0. The van der Waals surface area contributed by atoms with Crippen molar-refractivity contribution in [3.8, 4) is 0 Å². The van der Waals surface area contributed by atoms with Gasteiger partial charge in [-0.3, -0.25) is 9.59 Å². The molecule has 1 saturated carbocycles. The molecule has 0 bridgehead atoms. The molecule has 1 N–H and O–H groups in total. The lowest BCUT2D eigenvalue weighted by Gasteiger charge is -2.25. The van der Waals surface area contributed by atoms with Crippen LogP contribution in [0.15, 0.2) is 0 Å². The first-order valence-electron chi connectivity index (χ1n) is 23.2. The Morgan fingerprint density at radius 1 is 0.519 bits per heavy atom. The Kier molecular flexibility index (Phi) is 33.4. The van der Waals surface area contributed by atoms with Crippen LogP contribution in [-0.4, -0.2) is 59.9 Å². The lowest BCUT2D eigenvalue weighted by Crippen LogP contribution is -2.35. The van der Waals surface area contributed by atoms with Crippen molar-refractivity contribution in [2.45, 2.75) is 257 Å². The zero-order valence-electron chi connectivity index (χ0n) is 35.2. The maximum atomic E-state index is 12.7. The van der Waals surface area contributed by atoms with Crippen LogP contribution in [0.1, 0.15) is 245 Å². The van der Waals surface area contributed by atoms with Gasteiger partial charge in [-0.25, -0.2) is 0 Å². The molecule has 0 aromatic carbocycles. The summed E-state index contributed by atoms with van der Waals surface area (Å²) in [4.78, 5) is 27.4. The summed E-state index contributed by atoms with van der Waals surface area (Å²) in [5.41, 5.74) is -0.471. The van der Waals surface area contributed by atoms with Gasteiger partial charge in [-0.15, -0.1) is 0 Å². The second-order valence-electron chi connectivity index (χ2n) is 16.6. The van der Waals surface area contributed by atoms with Crippen molar-refractivity contribution in [2.24, 2.45) is 0 Å². The van der Waals surface area contributed by atoms with Crippen LogP contribution in [0.5, 0.6) is 0 Å². The van der Waals surface area contributed by atoms with Crippen molar-refractivity contribution in [1.29, 1.82) is 0 Å². The standard InChI is InChI=1S/C46H89NO5/c1-4-7-10-13-16-17-18-24-32-41-51-44(48)35-29-25-31-40-47(42-46(50)37-38-46)39-30-23-19-22-28-36-45(49)52-43(33-26-20-14-11-8-5-2)34-27-21-15-12-9-6-3/h43,50H,4-42H2,1-3H3. The zero-order chi connectivity index (χ0) is 37.8. The third kappa shape index (κ3) is 32.3. The number of carbonyl (C=O) groups is 2. The van der Waals surface area contributed by atoms with Gasteiger partial charge in [0.1, 0.15) is 6.10 Å². The van der Waals surface area contributed by atoms with E-state index in [1.54, 1.807) is 0 Å². The lowest BCUT2D eigenvalue weighted by molar-refractivity contribution is -0.150. The molecule has 0 atom stereocenters. The number of unbranched alkanes of at least 4 members (excludes halogenated alkanes) is 24. The number of esters is 2. The largest absolute Gasteiger partial charge is 0.466 e. The normalized spacial score (nSPS) is 13.7. The fourth-order valence-corrected chi connectivity index (χ4v) is 7.39. The summed E-state index contributed by atoms with van der Waals surface area (Å²) in [6.07, 6.45) is 40.3. The summed E-state index contributed by atoms with van der Waals surface area (Å²) in [7, 11) is 0. The van der Waals surface area contributed by atoms with Gasteiger partial charge in [0.15, 0.2) is 0 Å². The molecule has 1 aliphatic carbocycles. The van der Waals surface area contributed by atoms with E-state index in [1.807, 2.05) is 0 Å². The van der Waals surface area contributed by atoms with Crippen molar-refractivity contribution >= 4 is 11.9 Å². The van der Waals surface area contributed by atoms with Gasteiger partial charge in [0, 0.05) is 19.4 Å². The van der Waals surface area contributed by atoms with Crippen LogP contribution in [0.2, 0.25) is 0 Å². The summed E-state index contributed by atoms with van der Waals surface area (Å²) in [6.45, 7) is 10.1. The first kappa shape index (κ1) is 48.9. The third-order valence-electron chi connectivity index (χ3n) is 11.1. The van der Waals surface area contributed by atoms with E-state index in [0.717, 1.165) is 110 Å². The monoisotopic (exact) mass is 736 g/mol. The van der Waals surface area contributed by atoms with E-state index in [1.165, 1.54) is 122 Å². The fourth-order valence-electron chi connectivity index (χ4n) is 7.39. The van der Waals surface area contributed by atoms with Crippen LogP contribution < -0.4 is 0 Å². The average molecular weight is 736 g/mol. The van der Waals surface area contributed by atoms with Gasteiger partial charge in [-0.2, -0.15) is 0 Å². The van der Waals surface area contributed by atoms with Crippen LogP contribution in [0.4, 0.5) is 0 Å². The van der Waals surface area contributed by atoms with Crippen LogP contribution >= 0.6 is 0 Å². The van der Waals surface area contributed by atoms with Crippen LogP contribution in [0.3, 0.4) is 0 Å². The highest BCUT2D eigenvalue weighted by Gasteiger charge is 2.41. The van der Waals surface area contributed by atoms with Crippen molar-refractivity contribution in [3.63, 3.8) is 0 Å². The summed E-state index contributed by atoms with van der Waals surface area (Å²) in [6, 6.07) is 0. The second-order valence-corrected chi connectivity index (χ2v) is 16.6. The van der Waals surface area contributed by atoms with E-state index in [0.29, 0.717) is 19.4 Å². The van der Waals surface area contributed by atoms with Crippen molar-refractivity contribution in [1.82, 2.24) is 4.90 Å². The quantitative estimate of drug-likeness (QED) is 0.0498. The van der Waals surface area contributed by atoms with E-state index < -0.39 is 5.60 Å². The van der Waals surface area contributed by atoms with E-state index >= 15 is 0 Å². The molecule has 0 aliphatic heterocycles. The van der Waals surface area contributed by atoms with Gasteiger partial charge in [0.25, 0.3) is 0 Å². The van der Waals surface area contributed by atoms with E-state index in [-0.39, 0.29) is 18.0 Å². The van der Waals surface area contributed by atoms with Gasteiger partial charge >= 0.3 is 11.9 Å². The molecule has 6 nitrogen and oxygen atoms in total. The van der Waals surface area contributed by atoms with Gasteiger partial charge < -0.3 is 19.5 Å². The Morgan fingerprint density at radius 3 is 1.38 bits per heavy atom. The van der Waals surface area contributed by atoms with Gasteiger partial charge in [0.05, 0.1) is 12.2 Å². The molecule has 0 saturated heterocycles. The van der Waals surface area contributed by atoms with E-state index in [9.17, 15) is 14.7 Å². The Balaban J connectivity index is 2.16. The average Bonchev–Trinajstić information content (AvgIpc) is 3.86. The van der Waals surface area contributed by atoms with Gasteiger partial charge in [-0.05, 0) is 83.7 Å². The minimum absolute atomic E-state index is 0.0119. The minimum atomic E-state index is -0.471. The maximum Gasteiger partial charge on any atom is 0.306 e. The number of rotatable bonds is 41. The molecule has 6 heteroatoms. The summed E-state index contributed by atoms with van der Waals surface area (Å²) >= 11 is 0. The molecule has 1 rings (SSSR count). The maximum absolute atomic E-state index is 12.7. The predicted molar refractivity (Wildman–Crippen MR) is 221 cm³/mol. The Hall–Kier alpha value is -1.14. The van der Waals surface area contributed by atoms with Crippen LogP contribution in [0.25, 0.3) is 0 Å². The van der Waals surface area contributed by atoms with Crippen molar-refractivity contribution < 1.29 is 24.2 Å². The highest BCUT2D eigenvalue weighted by atomic mass is 16.5. The Morgan fingerprint density at radius 2 is 0.904 bits per heavy atom. The van der Waals surface area contributed by atoms with Gasteiger partial charge in [-0.1, -0.05) is 162 Å². The number of ether oxygens (including phenoxy) is 2. The van der Waals surface area contributed by atoms with Crippen LogP contribution in [-0.2, 0) is 19.1 Å². The minimum Gasteiger partial charge on any atom is -0.466 e. The van der Waals surface area contributed by atoms with Crippen LogP contribution in [0, 0.1) is 0 Å². The highest BCUT2D eigenvalue weighted by Crippen LogP contribution is 2.36. The molecule has 1 fully saturated rings. The van der Waals surface area contributed by atoms with E-state index in [2.05, 4.69) is 25.7 Å². The number of hydrogen-bond donors (Lipinski definition) is 1. The molecule has 0 heterocycles. The van der Waals surface area contributed by atoms with E-state index in [4.69, 9.17) is 9.47 Å². The SMILES string of the molecule is CCCCCCCCCCCOC(=O)CCCCCN(CCCCCCCC(=O)OC(CCCCCCCC)CCCCCCCC)CC1(O)CC1. The summed E-state index contributed by atoms with van der Waals surface area (Å²) in [5.74, 6) is -0.0315. The smallest absolute Gasteiger partial charge is 0.306 e. The number of hydrogen-bond acceptors (Lipinski definition) is 6. The molecule has 0 spiro atoms. The second kappa shape index (κ2) is 35.6. The van der Waals surface area contributed by atoms with Crippen molar-refractivity contribution in [3.05, 3.63) is 0 Å². The summed E-state index contributed by atoms with van der Waals surface area (Å²) < 4.78 is 11.5. The molecular formula is C46H89NO5. The Bertz CT molecular complexity index is 784. The molecule has 0 amide bonds. The molecule has 0 aromatic heterocycles. The topological polar surface area (TPSA) is 76.1 Å².